The van der Waals surface area contributed by atoms with Crippen molar-refractivity contribution >= 4 is 23.3 Å². The molecule has 0 radical (unpaired) electrons. The van der Waals surface area contributed by atoms with Crippen LogP contribution < -0.4 is 11.1 Å². The molecule has 0 aliphatic heterocycles. The van der Waals surface area contributed by atoms with E-state index in [1.54, 1.807) is 0 Å². The van der Waals surface area contributed by atoms with Crippen LogP contribution in [0.5, 0.6) is 0 Å². The minimum atomic E-state index is -0.534. The Kier molecular flexibility index (Phi) is 4.53. The van der Waals surface area contributed by atoms with Crippen LogP contribution in [-0.4, -0.2) is 23.7 Å². The van der Waals surface area contributed by atoms with E-state index < -0.39 is 11.6 Å². The lowest BCUT2D eigenvalue weighted by Gasteiger charge is -2.39. The highest BCUT2D eigenvalue weighted by Crippen LogP contribution is 2.34. The van der Waals surface area contributed by atoms with Gasteiger partial charge in [0.15, 0.2) is 0 Å². The lowest BCUT2D eigenvalue weighted by atomic mass is 9.75. The standard InChI is InChI=1S/C11H20N2O2S/c1-3-8-4-6-11(7-5-8,9(12)16)13-10(14)15-2/h8H,3-7H2,1-2H3,(H2,12,16)(H,13,14). The van der Waals surface area contributed by atoms with Gasteiger partial charge in [-0.1, -0.05) is 25.6 Å². The van der Waals surface area contributed by atoms with Crippen molar-refractivity contribution in [2.75, 3.05) is 7.11 Å². The first-order valence-electron chi connectivity index (χ1n) is 5.70. The number of amides is 1. The molecule has 0 unspecified atom stereocenters. The van der Waals surface area contributed by atoms with Crippen molar-refractivity contribution in [2.45, 2.75) is 44.6 Å². The first-order chi connectivity index (χ1) is 7.54. The third-order valence-corrected chi connectivity index (χ3v) is 3.93. The Balaban J connectivity index is 2.68. The normalized spacial score (nSPS) is 29.5. The summed E-state index contributed by atoms with van der Waals surface area (Å²) < 4.78 is 4.62. The summed E-state index contributed by atoms with van der Waals surface area (Å²) in [6, 6.07) is 0. The first kappa shape index (κ1) is 13.2. The van der Waals surface area contributed by atoms with E-state index in [2.05, 4.69) is 17.0 Å². The molecule has 4 nitrogen and oxygen atoms in total. The molecule has 0 bridgehead atoms. The predicted molar refractivity (Wildman–Crippen MR) is 67.3 cm³/mol. The van der Waals surface area contributed by atoms with Gasteiger partial charge in [-0.2, -0.15) is 0 Å². The van der Waals surface area contributed by atoms with Gasteiger partial charge in [-0.15, -0.1) is 0 Å². The minimum absolute atomic E-state index is 0.368. The molecule has 0 aromatic carbocycles. The van der Waals surface area contributed by atoms with Crippen molar-refractivity contribution in [3.8, 4) is 0 Å². The average Bonchev–Trinajstić information content (AvgIpc) is 2.29. The van der Waals surface area contributed by atoms with Crippen LogP contribution in [0.3, 0.4) is 0 Å². The van der Waals surface area contributed by atoms with E-state index in [1.807, 2.05) is 0 Å². The third-order valence-electron chi connectivity index (χ3n) is 3.53. The Morgan fingerprint density at radius 1 is 1.56 bits per heavy atom. The number of nitrogens with two attached hydrogens (primary N) is 1. The number of thiocarbonyl (C=S) groups is 1. The smallest absolute Gasteiger partial charge is 0.407 e. The predicted octanol–water partition coefficient (Wildman–Crippen LogP) is 1.97. The molecule has 1 aliphatic carbocycles. The Hall–Kier alpha value is -0.840. The second-order valence-electron chi connectivity index (χ2n) is 4.41. The zero-order valence-electron chi connectivity index (χ0n) is 9.91. The van der Waals surface area contributed by atoms with Crippen LogP contribution in [0, 0.1) is 5.92 Å². The highest BCUT2D eigenvalue weighted by Gasteiger charge is 2.39. The van der Waals surface area contributed by atoms with Gasteiger partial charge < -0.3 is 15.8 Å². The highest BCUT2D eigenvalue weighted by molar-refractivity contribution is 7.80. The fourth-order valence-corrected chi connectivity index (χ4v) is 2.51. The van der Waals surface area contributed by atoms with E-state index in [-0.39, 0.29) is 0 Å². The molecule has 3 N–H and O–H groups in total. The molecule has 1 fully saturated rings. The van der Waals surface area contributed by atoms with Gasteiger partial charge in [-0.05, 0) is 31.6 Å². The lowest BCUT2D eigenvalue weighted by Crippen LogP contribution is -2.58. The number of methoxy groups -OCH3 is 1. The van der Waals surface area contributed by atoms with Gasteiger partial charge in [0, 0.05) is 0 Å². The number of hydrogen-bond donors (Lipinski definition) is 2. The van der Waals surface area contributed by atoms with Crippen molar-refractivity contribution in [3.63, 3.8) is 0 Å². The molecular weight excluding hydrogens is 224 g/mol. The molecule has 0 atom stereocenters. The number of ether oxygens (including phenoxy) is 1. The topological polar surface area (TPSA) is 64.3 Å². The zero-order valence-corrected chi connectivity index (χ0v) is 10.7. The summed E-state index contributed by atoms with van der Waals surface area (Å²) >= 11 is 5.08. The number of hydrogen-bond acceptors (Lipinski definition) is 3. The molecule has 1 saturated carbocycles. The van der Waals surface area contributed by atoms with E-state index in [0.717, 1.165) is 31.6 Å². The van der Waals surface area contributed by atoms with Crippen LogP contribution in [0.2, 0.25) is 0 Å². The third kappa shape index (κ3) is 2.84. The fraction of sp³-hybridized carbons (Fsp3) is 0.818. The average molecular weight is 244 g/mol. The molecule has 0 aromatic heterocycles. The summed E-state index contributed by atoms with van der Waals surface area (Å²) in [4.78, 5) is 11.7. The molecule has 0 saturated heterocycles. The van der Waals surface area contributed by atoms with Crippen LogP contribution in [0.1, 0.15) is 39.0 Å². The number of carbonyl (C=O) groups excluding carboxylic acids is 1. The maximum absolute atomic E-state index is 11.3. The Labute approximate surface area is 102 Å². The molecular formula is C11H20N2O2S. The van der Waals surface area contributed by atoms with E-state index >= 15 is 0 Å². The maximum Gasteiger partial charge on any atom is 0.407 e. The summed E-state index contributed by atoms with van der Waals surface area (Å²) in [6.45, 7) is 2.19. The summed E-state index contributed by atoms with van der Waals surface area (Å²) in [6.07, 6.45) is 4.45. The number of rotatable bonds is 3. The molecule has 0 spiro atoms. The number of alkyl carbamates (subject to hydrolysis) is 1. The number of nitrogens with one attached hydrogen (secondary N) is 1. The summed E-state index contributed by atoms with van der Waals surface area (Å²) in [5.74, 6) is 0.724. The second kappa shape index (κ2) is 5.48. The highest BCUT2D eigenvalue weighted by atomic mass is 32.1. The minimum Gasteiger partial charge on any atom is -0.453 e. The number of carbonyl (C=O) groups is 1. The second-order valence-corrected chi connectivity index (χ2v) is 4.85. The maximum atomic E-state index is 11.3. The van der Waals surface area contributed by atoms with Gasteiger partial charge in [-0.3, -0.25) is 0 Å². The fourth-order valence-electron chi connectivity index (χ4n) is 2.26. The van der Waals surface area contributed by atoms with Crippen LogP contribution in [0.15, 0.2) is 0 Å². The van der Waals surface area contributed by atoms with Gasteiger partial charge in [0.05, 0.1) is 17.6 Å². The molecule has 1 aliphatic rings. The molecule has 5 heteroatoms. The Morgan fingerprint density at radius 3 is 2.50 bits per heavy atom. The van der Waals surface area contributed by atoms with E-state index in [9.17, 15) is 4.79 Å². The van der Waals surface area contributed by atoms with Crippen molar-refractivity contribution in [1.29, 1.82) is 0 Å². The summed E-state index contributed by atoms with van der Waals surface area (Å²) in [5.41, 5.74) is 5.22. The monoisotopic (exact) mass is 244 g/mol. The molecule has 0 aromatic rings. The van der Waals surface area contributed by atoms with Crippen LogP contribution in [0.25, 0.3) is 0 Å². The molecule has 92 valence electrons. The molecule has 1 amide bonds. The van der Waals surface area contributed by atoms with Gasteiger partial charge >= 0.3 is 6.09 Å². The van der Waals surface area contributed by atoms with Crippen molar-refractivity contribution in [2.24, 2.45) is 11.7 Å². The van der Waals surface area contributed by atoms with Gasteiger partial charge in [0.1, 0.15) is 0 Å². The van der Waals surface area contributed by atoms with Crippen molar-refractivity contribution < 1.29 is 9.53 Å². The quantitative estimate of drug-likeness (QED) is 0.745. The van der Waals surface area contributed by atoms with Crippen LogP contribution in [0.4, 0.5) is 4.79 Å². The van der Waals surface area contributed by atoms with Crippen LogP contribution >= 0.6 is 12.2 Å². The largest absolute Gasteiger partial charge is 0.453 e. The van der Waals surface area contributed by atoms with Gasteiger partial charge in [0.25, 0.3) is 0 Å². The van der Waals surface area contributed by atoms with Crippen LogP contribution in [-0.2, 0) is 4.74 Å². The van der Waals surface area contributed by atoms with E-state index in [1.165, 1.54) is 13.5 Å². The lowest BCUT2D eigenvalue weighted by molar-refractivity contribution is 0.152. The zero-order chi connectivity index (χ0) is 12.2. The molecule has 0 heterocycles. The molecule has 16 heavy (non-hydrogen) atoms. The first-order valence-corrected chi connectivity index (χ1v) is 6.11. The van der Waals surface area contributed by atoms with Gasteiger partial charge in [0.2, 0.25) is 0 Å². The Bertz CT molecular complexity index is 273. The van der Waals surface area contributed by atoms with E-state index in [4.69, 9.17) is 18.0 Å². The van der Waals surface area contributed by atoms with E-state index in [0.29, 0.717) is 4.99 Å². The van der Waals surface area contributed by atoms with Crippen molar-refractivity contribution in [3.05, 3.63) is 0 Å². The van der Waals surface area contributed by atoms with Crippen molar-refractivity contribution in [1.82, 2.24) is 5.32 Å². The summed E-state index contributed by atoms with van der Waals surface area (Å²) in [7, 11) is 1.35. The Morgan fingerprint density at radius 2 is 2.12 bits per heavy atom. The SMILES string of the molecule is CCC1CCC(NC(=O)OC)(C(N)=S)CC1. The molecule has 1 rings (SSSR count). The summed E-state index contributed by atoms with van der Waals surface area (Å²) in [5, 5.41) is 2.80. The van der Waals surface area contributed by atoms with Gasteiger partial charge in [-0.25, -0.2) is 4.79 Å².